The van der Waals surface area contributed by atoms with Gasteiger partial charge in [-0.25, -0.2) is 0 Å². The molecule has 2 rings (SSSR count). The van der Waals surface area contributed by atoms with E-state index in [1.807, 2.05) is 0 Å². The zero-order chi connectivity index (χ0) is 14.0. The fourth-order valence-corrected chi connectivity index (χ4v) is 3.29. The molecule has 110 valence electrons. The average Bonchev–Trinajstić information content (AvgIpc) is 3.20. The molecular formula is C14H27N3O2. The Balaban J connectivity index is 2.03. The number of nitrogens with zero attached hydrogens (tertiary/aromatic N) is 2. The maximum absolute atomic E-state index is 11.7. The maximum Gasteiger partial charge on any atom is 0.325 e. The fraction of sp³-hybridized carbons (Fsp3) is 0.929. The molecule has 2 N–H and O–H groups in total. The SMILES string of the molecule is CNC(CN1CCCC(N(C)C)C1)(C(=O)O)C1CC1. The third-order valence-corrected chi connectivity index (χ3v) is 4.79. The molecule has 0 aromatic carbocycles. The number of carbonyl (C=O) groups is 1. The highest BCUT2D eigenvalue weighted by molar-refractivity contribution is 5.80. The van der Waals surface area contributed by atoms with Crippen LogP contribution in [-0.2, 0) is 4.79 Å². The van der Waals surface area contributed by atoms with E-state index in [2.05, 4.69) is 29.2 Å². The van der Waals surface area contributed by atoms with Crippen LogP contribution in [0.3, 0.4) is 0 Å². The number of hydrogen-bond donors (Lipinski definition) is 2. The van der Waals surface area contributed by atoms with Gasteiger partial charge in [-0.2, -0.15) is 0 Å². The summed E-state index contributed by atoms with van der Waals surface area (Å²) in [6.07, 6.45) is 4.45. The van der Waals surface area contributed by atoms with E-state index in [9.17, 15) is 9.90 Å². The van der Waals surface area contributed by atoms with Crippen LogP contribution in [0, 0.1) is 5.92 Å². The van der Waals surface area contributed by atoms with Gasteiger partial charge in [0, 0.05) is 19.1 Å². The van der Waals surface area contributed by atoms with Crippen molar-refractivity contribution in [2.45, 2.75) is 37.3 Å². The van der Waals surface area contributed by atoms with Crippen LogP contribution in [0.1, 0.15) is 25.7 Å². The van der Waals surface area contributed by atoms with Gasteiger partial charge < -0.3 is 15.3 Å². The molecule has 2 atom stereocenters. The quantitative estimate of drug-likeness (QED) is 0.734. The molecule has 0 aromatic heterocycles. The summed E-state index contributed by atoms with van der Waals surface area (Å²) in [6.45, 7) is 2.64. The number of piperidine rings is 1. The van der Waals surface area contributed by atoms with Gasteiger partial charge in [-0.15, -0.1) is 0 Å². The van der Waals surface area contributed by atoms with Crippen LogP contribution in [0.15, 0.2) is 0 Å². The predicted octanol–water partition coefficient (Wildman–Crippen LogP) is 0.465. The van der Waals surface area contributed by atoms with E-state index in [-0.39, 0.29) is 0 Å². The molecule has 1 aliphatic carbocycles. The van der Waals surface area contributed by atoms with E-state index in [0.717, 1.165) is 32.4 Å². The first-order valence-corrected chi connectivity index (χ1v) is 7.30. The van der Waals surface area contributed by atoms with Crippen LogP contribution in [-0.4, -0.2) is 73.2 Å². The van der Waals surface area contributed by atoms with Crippen LogP contribution in [0.4, 0.5) is 0 Å². The highest BCUT2D eigenvalue weighted by atomic mass is 16.4. The Morgan fingerprint density at radius 1 is 1.42 bits per heavy atom. The van der Waals surface area contributed by atoms with Crippen molar-refractivity contribution in [1.29, 1.82) is 0 Å². The van der Waals surface area contributed by atoms with E-state index >= 15 is 0 Å². The number of carboxylic acid groups (broad SMARTS) is 1. The fourth-order valence-electron chi connectivity index (χ4n) is 3.29. The molecule has 1 saturated carbocycles. The highest BCUT2D eigenvalue weighted by Gasteiger charge is 2.51. The first kappa shape index (κ1) is 14.8. The number of likely N-dealkylation sites (tertiary alicyclic amines) is 1. The van der Waals surface area contributed by atoms with Gasteiger partial charge in [0.25, 0.3) is 0 Å². The molecule has 2 aliphatic rings. The molecule has 2 unspecified atom stereocenters. The Labute approximate surface area is 115 Å². The summed E-state index contributed by atoms with van der Waals surface area (Å²) in [7, 11) is 6.01. The van der Waals surface area contributed by atoms with Crippen molar-refractivity contribution in [3.8, 4) is 0 Å². The van der Waals surface area contributed by atoms with Gasteiger partial charge in [-0.1, -0.05) is 0 Å². The number of rotatable bonds is 6. The highest BCUT2D eigenvalue weighted by Crippen LogP contribution is 2.40. The van der Waals surface area contributed by atoms with Crippen molar-refractivity contribution >= 4 is 5.97 Å². The lowest BCUT2D eigenvalue weighted by Gasteiger charge is -2.41. The molecule has 1 saturated heterocycles. The van der Waals surface area contributed by atoms with Gasteiger partial charge in [0.05, 0.1) is 0 Å². The molecule has 0 bridgehead atoms. The Morgan fingerprint density at radius 2 is 2.11 bits per heavy atom. The van der Waals surface area contributed by atoms with Crippen molar-refractivity contribution in [2.75, 3.05) is 40.8 Å². The van der Waals surface area contributed by atoms with Gasteiger partial charge in [-0.3, -0.25) is 9.69 Å². The molecule has 1 heterocycles. The molecule has 0 spiro atoms. The van der Waals surface area contributed by atoms with E-state index in [1.54, 1.807) is 7.05 Å². The lowest BCUT2D eigenvalue weighted by Crippen LogP contribution is -2.61. The molecule has 0 radical (unpaired) electrons. The van der Waals surface area contributed by atoms with Crippen LogP contribution in [0.2, 0.25) is 0 Å². The van der Waals surface area contributed by atoms with Crippen LogP contribution < -0.4 is 5.32 Å². The first-order chi connectivity index (χ1) is 8.99. The largest absolute Gasteiger partial charge is 0.480 e. The first-order valence-electron chi connectivity index (χ1n) is 7.30. The number of nitrogens with one attached hydrogen (secondary N) is 1. The second-order valence-electron chi connectivity index (χ2n) is 6.30. The van der Waals surface area contributed by atoms with Gasteiger partial charge in [0.2, 0.25) is 0 Å². The summed E-state index contributed by atoms with van der Waals surface area (Å²) in [6, 6.07) is 0.552. The van der Waals surface area contributed by atoms with Gasteiger partial charge >= 0.3 is 5.97 Å². The minimum absolute atomic E-state index is 0.301. The monoisotopic (exact) mass is 269 g/mol. The van der Waals surface area contributed by atoms with Gasteiger partial charge in [-0.05, 0) is 59.3 Å². The Kier molecular flexibility index (Phi) is 4.48. The minimum Gasteiger partial charge on any atom is -0.480 e. The molecular weight excluding hydrogens is 242 g/mol. The van der Waals surface area contributed by atoms with Crippen LogP contribution >= 0.6 is 0 Å². The molecule has 5 nitrogen and oxygen atoms in total. The average molecular weight is 269 g/mol. The summed E-state index contributed by atoms with van der Waals surface area (Å²) in [5.41, 5.74) is -0.742. The second kappa shape index (κ2) is 5.77. The van der Waals surface area contributed by atoms with E-state index in [0.29, 0.717) is 18.5 Å². The molecule has 2 fully saturated rings. The van der Waals surface area contributed by atoms with Crippen molar-refractivity contribution in [1.82, 2.24) is 15.1 Å². The summed E-state index contributed by atoms with van der Waals surface area (Å²) >= 11 is 0. The normalized spacial score (nSPS) is 28.3. The van der Waals surface area contributed by atoms with Crippen molar-refractivity contribution in [2.24, 2.45) is 5.92 Å². The minimum atomic E-state index is -0.742. The summed E-state index contributed by atoms with van der Waals surface area (Å²) in [5, 5.41) is 12.8. The Hall–Kier alpha value is -0.650. The second-order valence-corrected chi connectivity index (χ2v) is 6.30. The van der Waals surface area contributed by atoms with E-state index in [1.165, 1.54) is 6.42 Å². The zero-order valence-corrected chi connectivity index (χ0v) is 12.4. The number of carboxylic acids is 1. The van der Waals surface area contributed by atoms with Crippen LogP contribution in [0.25, 0.3) is 0 Å². The third-order valence-electron chi connectivity index (χ3n) is 4.79. The standard InChI is InChI=1S/C14H27N3O2/c1-15-14(13(18)19,11-6-7-11)10-17-8-4-5-12(9-17)16(2)3/h11-12,15H,4-10H2,1-3H3,(H,18,19). The molecule has 0 aromatic rings. The van der Waals surface area contributed by atoms with Crippen LogP contribution in [0.5, 0.6) is 0 Å². The smallest absolute Gasteiger partial charge is 0.325 e. The lowest BCUT2D eigenvalue weighted by molar-refractivity contribution is -0.147. The topological polar surface area (TPSA) is 55.8 Å². The summed E-state index contributed by atoms with van der Waals surface area (Å²) in [5.74, 6) is -0.390. The molecule has 1 aliphatic heterocycles. The third kappa shape index (κ3) is 3.09. The van der Waals surface area contributed by atoms with Crippen molar-refractivity contribution in [3.63, 3.8) is 0 Å². The number of aliphatic carboxylic acids is 1. The van der Waals surface area contributed by atoms with E-state index in [4.69, 9.17) is 0 Å². The van der Waals surface area contributed by atoms with Gasteiger partial charge in [0.15, 0.2) is 0 Å². The zero-order valence-electron chi connectivity index (χ0n) is 12.4. The summed E-state index contributed by atoms with van der Waals surface area (Å²) < 4.78 is 0. The number of likely N-dealkylation sites (N-methyl/N-ethyl adjacent to an activating group) is 2. The number of hydrogen-bond acceptors (Lipinski definition) is 4. The predicted molar refractivity (Wildman–Crippen MR) is 75.3 cm³/mol. The van der Waals surface area contributed by atoms with E-state index < -0.39 is 11.5 Å². The van der Waals surface area contributed by atoms with Crippen molar-refractivity contribution < 1.29 is 9.90 Å². The van der Waals surface area contributed by atoms with Gasteiger partial charge in [0.1, 0.15) is 5.54 Å². The Bertz CT molecular complexity index is 331. The molecule has 5 heteroatoms. The lowest BCUT2D eigenvalue weighted by atomic mass is 9.91. The molecule has 19 heavy (non-hydrogen) atoms. The van der Waals surface area contributed by atoms with Crippen molar-refractivity contribution in [3.05, 3.63) is 0 Å². The summed E-state index contributed by atoms with van der Waals surface area (Å²) in [4.78, 5) is 16.3. The Morgan fingerprint density at radius 3 is 2.58 bits per heavy atom. The maximum atomic E-state index is 11.7. The molecule has 0 amide bonds.